The van der Waals surface area contributed by atoms with E-state index in [4.69, 9.17) is 0 Å². The van der Waals surface area contributed by atoms with E-state index < -0.39 is 0 Å². The second kappa shape index (κ2) is 7.18. The SMILES string of the molecule is Cc1nc(C)n(CC2CCCN(c3cc(CO)ccc3[N+](=O)[O-])C2)n1. The van der Waals surface area contributed by atoms with Crippen molar-refractivity contribution in [2.24, 2.45) is 5.92 Å². The molecule has 1 N–H and O–H groups in total. The van der Waals surface area contributed by atoms with E-state index in [9.17, 15) is 15.2 Å². The lowest BCUT2D eigenvalue weighted by Gasteiger charge is -2.34. The number of hydrogen-bond acceptors (Lipinski definition) is 6. The lowest BCUT2D eigenvalue weighted by atomic mass is 9.97. The Kier molecular flexibility index (Phi) is 4.98. The summed E-state index contributed by atoms with van der Waals surface area (Å²) in [5.41, 5.74) is 1.36. The standard InChI is InChI=1S/C17H23N5O3/c1-12-18-13(2)21(19-12)10-15-4-3-7-20(9-15)17-8-14(11-23)5-6-16(17)22(24)25/h5-6,8,15,23H,3-4,7,9-11H2,1-2H3. The van der Waals surface area contributed by atoms with E-state index in [0.29, 0.717) is 17.2 Å². The molecular weight excluding hydrogens is 322 g/mol. The van der Waals surface area contributed by atoms with Crippen LogP contribution in [0.25, 0.3) is 0 Å². The van der Waals surface area contributed by atoms with E-state index in [1.165, 1.54) is 6.07 Å². The van der Waals surface area contributed by atoms with E-state index in [-0.39, 0.29) is 17.2 Å². The Morgan fingerprint density at radius 2 is 2.20 bits per heavy atom. The molecule has 0 amide bonds. The molecule has 0 spiro atoms. The minimum absolute atomic E-state index is 0.0885. The van der Waals surface area contributed by atoms with Gasteiger partial charge < -0.3 is 10.0 Å². The third-order valence-electron chi connectivity index (χ3n) is 4.67. The molecule has 1 unspecified atom stereocenters. The van der Waals surface area contributed by atoms with Gasteiger partial charge in [-0.15, -0.1) is 0 Å². The molecule has 1 aliphatic heterocycles. The average molecular weight is 345 g/mol. The van der Waals surface area contributed by atoms with Crippen molar-refractivity contribution >= 4 is 11.4 Å². The summed E-state index contributed by atoms with van der Waals surface area (Å²) >= 11 is 0. The van der Waals surface area contributed by atoms with Gasteiger partial charge in [-0.3, -0.25) is 10.1 Å². The van der Waals surface area contributed by atoms with Gasteiger partial charge in [-0.1, -0.05) is 0 Å². The number of aromatic nitrogens is 3. The summed E-state index contributed by atoms with van der Waals surface area (Å²) in [4.78, 5) is 17.4. The Hall–Kier alpha value is -2.48. The fourth-order valence-corrected chi connectivity index (χ4v) is 3.49. The number of aryl methyl sites for hydroxylation is 2. The summed E-state index contributed by atoms with van der Waals surface area (Å²) in [6, 6.07) is 4.81. The predicted molar refractivity (Wildman–Crippen MR) is 93.5 cm³/mol. The first kappa shape index (κ1) is 17.3. The maximum atomic E-state index is 11.4. The maximum Gasteiger partial charge on any atom is 0.292 e. The highest BCUT2D eigenvalue weighted by molar-refractivity contribution is 5.64. The third kappa shape index (κ3) is 3.79. The number of nitrogens with zero attached hydrogens (tertiary/aromatic N) is 5. The quantitative estimate of drug-likeness (QED) is 0.659. The largest absolute Gasteiger partial charge is 0.392 e. The van der Waals surface area contributed by atoms with Gasteiger partial charge in [0.25, 0.3) is 5.69 Å². The highest BCUT2D eigenvalue weighted by Gasteiger charge is 2.26. The zero-order chi connectivity index (χ0) is 18.0. The smallest absolute Gasteiger partial charge is 0.292 e. The Morgan fingerprint density at radius 3 is 2.84 bits per heavy atom. The highest BCUT2D eigenvalue weighted by atomic mass is 16.6. The molecule has 1 saturated heterocycles. The fourth-order valence-electron chi connectivity index (χ4n) is 3.49. The van der Waals surface area contributed by atoms with Gasteiger partial charge in [-0.25, -0.2) is 9.67 Å². The van der Waals surface area contributed by atoms with Crippen molar-refractivity contribution in [2.45, 2.75) is 39.8 Å². The summed E-state index contributed by atoms with van der Waals surface area (Å²) in [6.45, 7) is 5.96. The second-order valence-electron chi connectivity index (χ2n) is 6.58. The first-order valence-electron chi connectivity index (χ1n) is 8.49. The summed E-state index contributed by atoms with van der Waals surface area (Å²) < 4.78 is 1.92. The van der Waals surface area contributed by atoms with Crippen LogP contribution in [0, 0.1) is 29.9 Å². The number of aliphatic hydroxyl groups excluding tert-OH is 1. The van der Waals surface area contributed by atoms with Crippen molar-refractivity contribution in [2.75, 3.05) is 18.0 Å². The number of anilines is 1. The molecule has 8 nitrogen and oxygen atoms in total. The number of benzene rings is 1. The van der Waals surface area contributed by atoms with Gasteiger partial charge in [0.1, 0.15) is 17.3 Å². The zero-order valence-electron chi connectivity index (χ0n) is 14.6. The Morgan fingerprint density at radius 1 is 1.40 bits per heavy atom. The average Bonchev–Trinajstić information content (AvgIpc) is 2.91. The van der Waals surface area contributed by atoms with Crippen molar-refractivity contribution in [3.63, 3.8) is 0 Å². The van der Waals surface area contributed by atoms with E-state index in [0.717, 1.165) is 44.1 Å². The molecule has 8 heteroatoms. The monoisotopic (exact) mass is 345 g/mol. The lowest BCUT2D eigenvalue weighted by molar-refractivity contribution is -0.384. The van der Waals surface area contributed by atoms with E-state index >= 15 is 0 Å². The Bertz CT molecular complexity index is 774. The summed E-state index contributed by atoms with van der Waals surface area (Å²) in [7, 11) is 0. The van der Waals surface area contributed by atoms with Gasteiger partial charge in [0.2, 0.25) is 0 Å². The summed E-state index contributed by atoms with van der Waals surface area (Å²) in [6.07, 6.45) is 2.03. The van der Waals surface area contributed by atoms with Crippen LogP contribution in [0.15, 0.2) is 18.2 Å². The van der Waals surface area contributed by atoms with Gasteiger partial charge in [0.15, 0.2) is 0 Å². The van der Waals surface area contributed by atoms with E-state index in [2.05, 4.69) is 15.0 Å². The van der Waals surface area contributed by atoms with Crippen LogP contribution in [0.3, 0.4) is 0 Å². The fraction of sp³-hybridized carbons (Fsp3) is 0.529. The molecule has 0 saturated carbocycles. The Labute approximate surface area is 146 Å². The van der Waals surface area contributed by atoms with Crippen molar-refractivity contribution in [3.8, 4) is 0 Å². The lowest BCUT2D eigenvalue weighted by Crippen LogP contribution is -2.37. The van der Waals surface area contributed by atoms with E-state index in [1.807, 2.05) is 18.5 Å². The second-order valence-corrected chi connectivity index (χ2v) is 6.58. The molecule has 0 bridgehead atoms. The molecule has 1 atom stereocenters. The molecule has 3 rings (SSSR count). The number of rotatable bonds is 5. The van der Waals surface area contributed by atoms with Crippen molar-refractivity contribution in [1.29, 1.82) is 0 Å². The molecule has 2 heterocycles. The van der Waals surface area contributed by atoms with Crippen LogP contribution in [0.5, 0.6) is 0 Å². The molecule has 1 aromatic heterocycles. The van der Waals surface area contributed by atoms with Crippen LogP contribution in [0.4, 0.5) is 11.4 Å². The molecule has 1 fully saturated rings. The van der Waals surface area contributed by atoms with Crippen LogP contribution >= 0.6 is 0 Å². The number of piperidine rings is 1. The molecule has 2 aromatic rings. The summed E-state index contributed by atoms with van der Waals surface area (Å²) in [5, 5.41) is 25.2. The zero-order valence-corrected chi connectivity index (χ0v) is 14.6. The molecule has 1 aromatic carbocycles. The van der Waals surface area contributed by atoms with Gasteiger partial charge >= 0.3 is 0 Å². The molecule has 25 heavy (non-hydrogen) atoms. The number of nitro benzene ring substituents is 1. The van der Waals surface area contributed by atoms with Crippen LogP contribution in [0.2, 0.25) is 0 Å². The van der Waals surface area contributed by atoms with Gasteiger partial charge in [-0.05, 0) is 50.3 Å². The summed E-state index contributed by atoms with van der Waals surface area (Å²) in [5.74, 6) is 2.00. The minimum Gasteiger partial charge on any atom is -0.392 e. The number of aliphatic hydroxyl groups is 1. The molecule has 134 valence electrons. The Balaban J connectivity index is 1.81. The molecular formula is C17H23N5O3. The van der Waals surface area contributed by atoms with Gasteiger partial charge in [0, 0.05) is 25.7 Å². The van der Waals surface area contributed by atoms with Crippen molar-refractivity contribution in [3.05, 3.63) is 45.5 Å². The first-order chi connectivity index (χ1) is 12.0. The number of hydrogen-bond donors (Lipinski definition) is 1. The first-order valence-corrected chi connectivity index (χ1v) is 8.49. The normalized spacial score (nSPS) is 17.7. The van der Waals surface area contributed by atoms with Crippen molar-refractivity contribution in [1.82, 2.24) is 14.8 Å². The van der Waals surface area contributed by atoms with Crippen LogP contribution in [0.1, 0.15) is 30.1 Å². The van der Waals surface area contributed by atoms with Gasteiger partial charge in [0.05, 0.1) is 11.5 Å². The molecule has 1 aliphatic rings. The topological polar surface area (TPSA) is 97.3 Å². The van der Waals surface area contributed by atoms with Crippen molar-refractivity contribution < 1.29 is 10.0 Å². The van der Waals surface area contributed by atoms with Crippen LogP contribution in [-0.4, -0.2) is 37.9 Å². The minimum atomic E-state index is -0.356. The van der Waals surface area contributed by atoms with Gasteiger partial charge in [-0.2, -0.15) is 5.10 Å². The van der Waals surface area contributed by atoms with E-state index in [1.54, 1.807) is 12.1 Å². The van der Waals surface area contributed by atoms with Crippen LogP contribution in [-0.2, 0) is 13.2 Å². The molecule has 0 aliphatic carbocycles. The van der Waals surface area contributed by atoms with Crippen LogP contribution < -0.4 is 4.90 Å². The third-order valence-corrected chi connectivity index (χ3v) is 4.67. The molecule has 0 radical (unpaired) electrons. The maximum absolute atomic E-state index is 11.4. The number of nitro groups is 1. The predicted octanol–water partition coefficient (Wildman–Crippen LogP) is 2.21. The highest BCUT2D eigenvalue weighted by Crippen LogP contribution is 2.33.